The fourth-order valence-electron chi connectivity index (χ4n) is 4.05. The summed E-state index contributed by atoms with van der Waals surface area (Å²) < 4.78 is 47.3. The minimum atomic E-state index is -1.55. The van der Waals surface area contributed by atoms with E-state index in [1.54, 1.807) is 37.3 Å². The Morgan fingerprint density at radius 1 is 0.974 bits per heavy atom. The summed E-state index contributed by atoms with van der Waals surface area (Å²) in [7, 11) is 0. The second-order valence-corrected chi connectivity index (χ2v) is 8.55. The van der Waals surface area contributed by atoms with Crippen molar-refractivity contribution in [3.63, 3.8) is 0 Å². The fraction of sp³-hybridized carbons (Fsp3) is 0.333. The summed E-state index contributed by atoms with van der Waals surface area (Å²) in [4.78, 5) is 51.3. The molecule has 38 heavy (non-hydrogen) atoms. The third kappa shape index (κ3) is 5.36. The quantitative estimate of drug-likeness (QED) is 0.309. The summed E-state index contributed by atoms with van der Waals surface area (Å²) in [6, 6.07) is 8.55. The number of carbonyl (C=O) groups excluding carboxylic acids is 3. The van der Waals surface area contributed by atoms with Crippen LogP contribution in [0.1, 0.15) is 59.0 Å². The molecule has 1 aliphatic rings. The minimum Gasteiger partial charge on any atom is -0.462 e. The largest absolute Gasteiger partial charge is 0.462 e. The van der Waals surface area contributed by atoms with Gasteiger partial charge in [0.2, 0.25) is 5.43 Å². The van der Waals surface area contributed by atoms with E-state index in [0.717, 1.165) is 11.8 Å². The number of esters is 3. The number of nitrogens with zero attached hydrogens (tertiary/aromatic N) is 1. The lowest BCUT2D eigenvalue weighted by Gasteiger charge is -2.19. The van der Waals surface area contributed by atoms with Crippen molar-refractivity contribution >= 4 is 34.5 Å². The Labute approximate surface area is 216 Å². The van der Waals surface area contributed by atoms with Crippen molar-refractivity contribution in [1.29, 1.82) is 0 Å². The van der Waals surface area contributed by atoms with E-state index in [-0.39, 0.29) is 25.9 Å². The SMILES string of the molecule is CCOC(=O)c1c(F)c(F)c2c(c1NCC(=O)OCc1ccccc1)c(=O)c(C(=O)OCC)cn2C1CC1. The summed E-state index contributed by atoms with van der Waals surface area (Å²) in [6.07, 6.45) is 2.36. The molecule has 0 radical (unpaired) electrons. The molecule has 3 aromatic rings. The second-order valence-electron chi connectivity index (χ2n) is 8.55. The first-order chi connectivity index (χ1) is 18.3. The van der Waals surface area contributed by atoms with Gasteiger partial charge in [-0.05, 0) is 32.3 Å². The zero-order chi connectivity index (χ0) is 27.4. The van der Waals surface area contributed by atoms with E-state index in [9.17, 15) is 19.2 Å². The van der Waals surface area contributed by atoms with Gasteiger partial charge in [0.15, 0.2) is 11.6 Å². The first kappa shape index (κ1) is 26.8. The highest BCUT2D eigenvalue weighted by Gasteiger charge is 2.34. The molecule has 1 fully saturated rings. The van der Waals surface area contributed by atoms with E-state index >= 15 is 8.78 Å². The van der Waals surface area contributed by atoms with Crippen molar-refractivity contribution in [1.82, 2.24) is 4.57 Å². The summed E-state index contributed by atoms with van der Waals surface area (Å²) in [5.41, 5.74) is -2.48. The molecule has 0 amide bonds. The number of pyridine rings is 1. The van der Waals surface area contributed by atoms with Crippen molar-refractivity contribution in [3.05, 3.63) is 75.1 Å². The number of nitrogens with one attached hydrogen (secondary N) is 1. The molecule has 0 unspecified atom stereocenters. The van der Waals surface area contributed by atoms with Crippen LogP contribution in [0.3, 0.4) is 0 Å². The predicted molar refractivity (Wildman–Crippen MR) is 133 cm³/mol. The predicted octanol–water partition coefficient (Wildman–Crippen LogP) is 4.12. The Bertz CT molecular complexity index is 1450. The molecular weight excluding hydrogens is 502 g/mol. The van der Waals surface area contributed by atoms with Gasteiger partial charge in [0, 0.05) is 12.2 Å². The minimum absolute atomic E-state index is 0.0239. The average molecular weight is 529 g/mol. The molecule has 1 heterocycles. The molecule has 1 N–H and O–H groups in total. The molecule has 1 aliphatic carbocycles. The standard InChI is InChI=1S/C27H26F2N2O7/c1-3-36-26(34)17-13-31(16-10-11-16)24-20(25(17)33)23(19(21(28)22(24)29)27(35)37-4-2)30-12-18(32)38-14-15-8-6-5-7-9-15/h5-9,13,16,30H,3-4,10-12,14H2,1-2H3. The first-order valence-electron chi connectivity index (χ1n) is 12.2. The van der Waals surface area contributed by atoms with Gasteiger partial charge in [-0.25, -0.2) is 18.4 Å². The Balaban J connectivity index is 1.85. The molecule has 0 bridgehead atoms. The third-order valence-corrected chi connectivity index (χ3v) is 5.92. The number of anilines is 1. The van der Waals surface area contributed by atoms with Crippen LogP contribution in [-0.4, -0.2) is 42.2 Å². The molecule has 2 aromatic carbocycles. The van der Waals surface area contributed by atoms with Gasteiger partial charge >= 0.3 is 17.9 Å². The number of aromatic nitrogens is 1. The number of ether oxygens (including phenoxy) is 3. The molecule has 4 rings (SSSR count). The van der Waals surface area contributed by atoms with Crippen molar-refractivity contribution in [2.75, 3.05) is 25.1 Å². The highest BCUT2D eigenvalue weighted by atomic mass is 19.2. The number of fused-ring (bicyclic) bond motifs is 1. The van der Waals surface area contributed by atoms with Crippen molar-refractivity contribution in [2.45, 2.75) is 39.3 Å². The molecule has 0 saturated heterocycles. The van der Waals surface area contributed by atoms with Crippen LogP contribution in [0.15, 0.2) is 41.3 Å². The van der Waals surface area contributed by atoms with Gasteiger partial charge < -0.3 is 24.1 Å². The summed E-state index contributed by atoms with van der Waals surface area (Å²) >= 11 is 0. The molecule has 0 atom stereocenters. The third-order valence-electron chi connectivity index (χ3n) is 5.92. The maximum atomic E-state index is 15.5. The number of carbonyl (C=O) groups is 3. The fourth-order valence-corrected chi connectivity index (χ4v) is 4.05. The molecule has 0 spiro atoms. The van der Waals surface area contributed by atoms with Crippen LogP contribution >= 0.6 is 0 Å². The van der Waals surface area contributed by atoms with Crippen molar-refractivity contribution in [2.24, 2.45) is 0 Å². The molecule has 11 heteroatoms. The highest BCUT2D eigenvalue weighted by Crippen LogP contribution is 2.40. The number of hydrogen-bond acceptors (Lipinski definition) is 8. The monoisotopic (exact) mass is 528 g/mol. The number of benzene rings is 2. The van der Waals surface area contributed by atoms with Crippen LogP contribution in [0.2, 0.25) is 0 Å². The van der Waals surface area contributed by atoms with E-state index in [4.69, 9.17) is 14.2 Å². The van der Waals surface area contributed by atoms with Crippen LogP contribution in [-0.2, 0) is 25.6 Å². The van der Waals surface area contributed by atoms with Gasteiger partial charge in [0.1, 0.15) is 24.3 Å². The Hall–Kier alpha value is -4.28. The van der Waals surface area contributed by atoms with Gasteiger partial charge in [0.25, 0.3) is 0 Å². The molecular formula is C27H26F2N2O7. The maximum Gasteiger partial charge on any atom is 0.343 e. The smallest absolute Gasteiger partial charge is 0.343 e. The van der Waals surface area contributed by atoms with E-state index in [1.165, 1.54) is 11.5 Å². The van der Waals surface area contributed by atoms with Gasteiger partial charge in [-0.2, -0.15) is 0 Å². The van der Waals surface area contributed by atoms with Crippen LogP contribution in [0.25, 0.3) is 10.9 Å². The highest BCUT2D eigenvalue weighted by molar-refractivity contribution is 6.08. The lowest BCUT2D eigenvalue weighted by Crippen LogP contribution is -2.26. The topological polar surface area (TPSA) is 113 Å². The van der Waals surface area contributed by atoms with Crippen LogP contribution in [0, 0.1) is 11.6 Å². The van der Waals surface area contributed by atoms with Gasteiger partial charge in [-0.15, -0.1) is 0 Å². The van der Waals surface area contributed by atoms with Gasteiger partial charge in [0.05, 0.1) is 29.8 Å². The van der Waals surface area contributed by atoms with Crippen LogP contribution in [0.4, 0.5) is 14.5 Å². The number of halogens is 2. The first-order valence-corrected chi connectivity index (χ1v) is 12.2. The van der Waals surface area contributed by atoms with Crippen LogP contribution in [0.5, 0.6) is 0 Å². The number of hydrogen-bond donors (Lipinski definition) is 1. The summed E-state index contributed by atoms with van der Waals surface area (Å²) in [5.74, 6) is -5.98. The number of rotatable bonds is 10. The lowest BCUT2D eigenvalue weighted by molar-refractivity contribution is -0.142. The van der Waals surface area contributed by atoms with E-state index in [1.807, 2.05) is 0 Å². The van der Waals surface area contributed by atoms with E-state index in [2.05, 4.69) is 5.32 Å². The normalized spacial score (nSPS) is 12.7. The molecule has 1 saturated carbocycles. The lowest BCUT2D eigenvalue weighted by atomic mass is 10.0. The maximum absolute atomic E-state index is 15.5. The Morgan fingerprint density at radius 3 is 2.26 bits per heavy atom. The van der Waals surface area contributed by atoms with E-state index < -0.39 is 69.2 Å². The van der Waals surface area contributed by atoms with Crippen LogP contribution < -0.4 is 10.7 Å². The molecule has 200 valence electrons. The molecule has 0 aliphatic heterocycles. The van der Waals surface area contributed by atoms with Gasteiger partial charge in [-0.1, -0.05) is 30.3 Å². The zero-order valence-corrected chi connectivity index (χ0v) is 20.8. The summed E-state index contributed by atoms with van der Waals surface area (Å²) in [5, 5.41) is 2.11. The molecule has 9 nitrogen and oxygen atoms in total. The molecule has 1 aromatic heterocycles. The Kier molecular flexibility index (Phi) is 8.04. The van der Waals surface area contributed by atoms with Gasteiger partial charge in [-0.3, -0.25) is 9.59 Å². The summed E-state index contributed by atoms with van der Waals surface area (Å²) in [6.45, 7) is 2.20. The van der Waals surface area contributed by atoms with Crippen molar-refractivity contribution in [3.8, 4) is 0 Å². The van der Waals surface area contributed by atoms with E-state index in [0.29, 0.717) is 12.8 Å². The average Bonchev–Trinajstić information content (AvgIpc) is 3.75. The second kappa shape index (κ2) is 11.4. The zero-order valence-electron chi connectivity index (χ0n) is 20.8. The Morgan fingerprint density at radius 2 is 1.63 bits per heavy atom. The van der Waals surface area contributed by atoms with Crippen molar-refractivity contribution < 1.29 is 37.4 Å².